The van der Waals surface area contributed by atoms with Crippen molar-refractivity contribution in [2.45, 2.75) is 80.7 Å². The second-order valence-corrected chi connectivity index (χ2v) is 14.8. The zero-order valence-electron chi connectivity index (χ0n) is 28.6. The van der Waals surface area contributed by atoms with Crippen molar-refractivity contribution >= 4 is 17.3 Å². The van der Waals surface area contributed by atoms with Crippen molar-refractivity contribution in [3.05, 3.63) is 106 Å². The maximum atomic E-state index is 13.9. The number of Topliss-reactive ketones (excluding diaryl/α,β-unsaturated/α-hetero) is 1. The van der Waals surface area contributed by atoms with E-state index in [9.17, 15) is 20.0 Å². The number of rotatable bonds is 7. The van der Waals surface area contributed by atoms with Gasteiger partial charge >= 0.3 is 0 Å². The van der Waals surface area contributed by atoms with Crippen molar-refractivity contribution in [2.75, 3.05) is 7.11 Å². The molecular formula is C39H44N2O5. The van der Waals surface area contributed by atoms with Crippen molar-refractivity contribution in [2.24, 2.45) is 10.8 Å². The Hall–Kier alpha value is -4.70. The molecule has 1 aromatic heterocycles. The molecule has 0 saturated heterocycles. The number of hydrogen-bond acceptors (Lipinski definition) is 6. The van der Waals surface area contributed by atoms with Gasteiger partial charge in [-0.2, -0.15) is 9.83 Å². The van der Waals surface area contributed by atoms with Crippen molar-refractivity contribution in [3.63, 3.8) is 0 Å². The number of nitriles is 1. The molecule has 0 atom stereocenters. The number of methoxy groups -OCH3 is 1. The summed E-state index contributed by atoms with van der Waals surface area (Å²) < 4.78 is 14.0. The summed E-state index contributed by atoms with van der Waals surface area (Å²) in [6.07, 6.45) is 5.52. The number of carbonyl (C=O) groups excluding carboxylic acids is 2. The molecule has 1 aliphatic carbocycles. The van der Waals surface area contributed by atoms with Gasteiger partial charge in [-0.25, -0.2) is 0 Å². The van der Waals surface area contributed by atoms with Crippen LogP contribution in [0.25, 0.3) is 16.8 Å². The predicted octanol–water partition coefficient (Wildman–Crippen LogP) is 6.66. The average molecular weight is 621 g/mol. The van der Waals surface area contributed by atoms with Crippen LogP contribution in [0.3, 0.4) is 0 Å². The van der Waals surface area contributed by atoms with Crippen LogP contribution in [0.2, 0.25) is 0 Å². The Morgan fingerprint density at radius 3 is 2.02 bits per heavy atom. The molecule has 0 fully saturated rings. The third kappa shape index (κ3) is 7.07. The number of carboxylic acids is 1. The Kier molecular flexibility index (Phi) is 9.36. The highest BCUT2D eigenvalue weighted by atomic mass is 16.5. The molecule has 46 heavy (non-hydrogen) atoms. The molecule has 2 aromatic rings. The van der Waals surface area contributed by atoms with E-state index in [0.717, 1.165) is 34.0 Å². The van der Waals surface area contributed by atoms with Gasteiger partial charge in [-0.15, -0.1) is 0 Å². The topological polar surface area (TPSA) is 103 Å². The molecule has 0 unspecified atom stereocenters. The van der Waals surface area contributed by atoms with E-state index in [2.05, 4.69) is 47.6 Å². The summed E-state index contributed by atoms with van der Waals surface area (Å²) in [5.74, 6) is 0.515. The Morgan fingerprint density at radius 1 is 0.957 bits per heavy atom. The number of benzene rings is 1. The van der Waals surface area contributed by atoms with Gasteiger partial charge in [0, 0.05) is 51.9 Å². The maximum Gasteiger partial charge on any atom is 0.213 e. The minimum Gasteiger partial charge on any atom is -0.550 e. The molecule has 0 N–H and O–H groups in total. The number of allylic oxidation sites excluding steroid dienone is 9. The van der Waals surface area contributed by atoms with E-state index in [-0.39, 0.29) is 40.7 Å². The number of ether oxygens (including phenoxy) is 2. The van der Waals surface area contributed by atoms with Gasteiger partial charge in [0.1, 0.15) is 23.3 Å². The summed E-state index contributed by atoms with van der Waals surface area (Å²) in [4.78, 5) is 25.4. The van der Waals surface area contributed by atoms with Gasteiger partial charge in [-0.05, 0) is 35.9 Å². The summed E-state index contributed by atoms with van der Waals surface area (Å²) in [6.45, 7) is 18.7. The highest BCUT2D eigenvalue weighted by Gasteiger charge is 2.39. The minimum absolute atomic E-state index is 0.173. The first kappa shape index (κ1) is 34.2. The highest BCUT2D eigenvalue weighted by Crippen LogP contribution is 2.42. The number of ketones is 1. The number of aliphatic carboxylic acids is 1. The van der Waals surface area contributed by atoms with Crippen molar-refractivity contribution in [3.8, 4) is 17.3 Å². The van der Waals surface area contributed by atoms with Crippen LogP contribution in [0.4, 0.5) is 0 Å². The highest BCUT2D eigenvalue weighted by molar-refractivity contribution is 6.26. The van der Waals surface area contributed by atoms with Crippen LogP contribution in [0, 0.1) is 22.2 Å². The number of aromatic nitrogens is 1. The zero-order chi connectivity index (χ0) is 34.2. The zero-order valence-corrected chi connectivity index (χ0v) is 28.6. The molecule has 1 aromatic carbocycles. The van der Waals surface area contributed by atoms with Crippen molar-refractivity contribution < 1.29 is 28.7 Å². The van der Waals surface area contributed by atoms with Crippen LogP contribution in [0.15, 0.2) is 94.7 Å². The number of carbonyl (C=O) groups is 2. The fourth-order valence-corrected chi connectivity index (χ4v) is 5.44. The van der Waals surface area contributed by atoms with E-state index in [1.807, 2.05) is 80.0 Å². The lowest BCUT2D eigenvalue weighted by atomic mass is 9.80. The van der Waals surface area contributed by atoms with Crippen LogP contribution in [0.5, 0.6) is 0 Å². The first-order chi connectivity index (χ1) is 21.4. The van der Waals surface area contributed by atoms with Crippen LogP contribution in [-0.2, 0) is 31.0 Å². The Morgan fingerprint density at radius 2 is 1.54 bits per heavy atom. The summed E-state index contributed by atoms with van der Waals surface area (Å²) in [5.41, 5.74) is 3.64. The molecule has 7 nitrogen and oxygen atoms in total. The molecule has 1 aliphatic heterocycles. The second kappa shape index (κ2) is 12.6. The van der Waals surface area contributed by atoms with E-state index in [1.165, 1.54) is 7.11 Å². The number of carboxylic acid groups (broad SMARTS) is 1. The van der Waals surface area contributed by atoms with Gasteiger partial charge in [0.05, 0.1) is 23.8 Å². The lowest BCUT2D eigenvalue weighted by Crippen LogP contribution is -2.47. The molecule has 2 aliphatic rings. The van der Waals surface area contributed by atoms with Crippen molar-refractivity contribution in [1.82, 2.24) is 0 Å². The van der Waals surface area contributed by atoms with Crippen LogP contribution in [-0.4, -0.2) is 18.9 Å². The summed E-state index contributed by atoms with van der Waals surface area (Å²) >= 11 is 0. The summed E-state index contributed by atoms with van der Waals surface area (Å²) in [6, 6.07) is 15.6. The average Bonchev–Trinajstić information content (AvgIpc) is 2.97. The van der Waals surface area contributed by atoms with Gasteiger partial charge in [-0.3, -0.25) is 4.79 Å². The molecule has 0 saturated carbocycles. The lowest BCUT2D eigenvalue weighted by Gasteiger charge is -2.33. The molecule has 240 valence electrons. The summed E-state index contributed by atoms with van der Waals surface area (Å²) in [7, 11) is 1.50. The van der Waals surface area contributed by atoms with Crippen molar-refractivity contribution in [1.29, 1.82) is 5.26 Å². The molecular weight excluding hydrogens is 576 g/mol. The van der Waals surface area contributed by atoms with E-state index in [0.29, 0.717) is 16.9 Å². The Bertz CT molecular complexity index is 1740. The fourth-order valence-electron chi connectivity index (χ4n) is 5.44. The molecule has 0 amide bonds. The Balaban J connectivity index is 1.96. The first-order valence-corrected chi connectivity index (χ1v) is 15.5. The van der Waals surface area contributed by atoms with Gasteiger partial charge in [-0.1, -0.05) is 80.5 Å². The molecule has 0 bridgehead atoms. The predicted molar refractivity (Wildman–Crippen MR) is 176 cm³/mol. The standard InChI is InChI=1S/C39H44N2O5/c1-37(2,3)30-22-26(21-29(25-14-12-11-13-15-25)41(30)17-16-33(42)43)28(23-40)34-35(44)27(36(34)45-10)18-24-19-31(38(4,5)6)46-32(20-24)39(7,8)9/h11-15,18-22H,16-17H2,1-10H3. The van der Waals surface area contributed by atoms with Crippen LogP contribution >= 0.6 is 0 Å². The quantitative estimate of drug-likeness (QED) is 0.195. The van der Waals surface area contributed by atoms with E-state index >= 15 is 0 Å². The summed E-state index contributed by atoms with van der Waals surface area (Å²) in [5, 5.41) is 22.0. The maximum absolute atomic E-state index is 13.9. The fraction of sp³-hybridized carbons (Fsp3) is 0.385. The minimum atomic E-state index is -1.15. The van der Waals surface area contributed by atoms with Crippen LogP contribution in [0.1, 0.15) is 80.0 Å². The third-order valence-electron chi connectivity index (χ3n) is 7.95. The monoisotopic (exact) mass is 620 g/mol. The number of hydrogen-bond donors (Lipinski definition) is 0. The molecule has 2 heterocycles. The molecule has 7 heteroatoms. The van der Waals surface area contributed by atoms with Gasteiger partial charge < -0.3 is 19.4 Å². The van der Waals surface area contributed by atoms with E-state index in [1.54, 1.807) is 6.08 Å². The SMILES string of the molecule is COC1=C(C=C2C=C(C(C)(C)C)OC(C(C)(C)C)=C2)C(=O)C1=C(C#N)c1cc(-c2ccccc2)[n+](CCC(=O)[O-])c(C(C)(C)C)c1. The Labute approximate surface area is 272 Å². The van der Waals surface area contributed by atoms with Gasteiger partial charge in [0.15, 0.2) is 12.2 Å². The first-order valence-electron chi connectivity index (χ1n) is 15.5. The lowest BCUT2D eigenvalue weighted by molar-refractivity contribution is -0.696. The number of pyridine rings is 1. The molecule has 0 spiro atoms. The van der Waals surface area contributed by atoms with Crippen LogP contribution < -0.4 is 9.67 Å². The molecule has 4 rings (SSSR count). The second-order valence-electron chi connectivity index (χ2n) is 14.8. The van der Waals surface area contributed by atoms with Gasteiger partial charge in [0.2, 0.25) is 11.5 Å². The van der Waals surface area contributed by atoms with E-state index < -0.39 is 11.4 Å². The third-order valence-corrected chi connectivity index (χ3v) is 7.95. The number of nitrogens with zero attached hydrogens (tertiary/aromatic N) is 2. The normalized spacial score (nSPS) is 16.5. The van der Waals surface area contributed by atoms with E-state index in [4.69, 9.17) is 9.47 Å². The smallest absolute Gasteiger partial charge is 0.213 e. The van der Waals surface area contributed by atoms with Gasteiger partial charge in [0.25, 0.3) is 0 Å². The molecule has 0 radical (unpaired) electrons. The largest absolute Gasteiger partial charge is 0.550 e.